The Morgan fingerprint density at radius 1 is 1.20 bits per heavy atom. The van der Waals surface area contributed by atoms with Crippen LogP contribution in [0.1, 0.15) is 32.3 Å². The maximum absolute atomic E-state index is 12.7. The third kappa shape index (κ3) is 4.13. The first-order valence-corrected chi connectivity index (χ1v) is 9.05. The molecule has 1 atom stereocenters. The van der Waals surface area contributed by atoms with Gasteiger partial charge in [0.05, 0.1) is 18.8 Å². The summed E-state index contributed by atoms with van der Waals surface area (Å²) in [5.74, 6) is 0.709. The highest BCUT2D eigenvalue weighted by atomic mass is 16.5. The minimum atomic E-state index is -0.0175. The molecule has 0 aliphatic carbocycles. The van der Waals surface area contributed by atoms with Gasteiger partial charge in [0.2, 0.25) is 5.91 Å². The van der Waals surface area contributed by atoms with Crippen LogP contribution in [0.2, 0.25) is 0 Å². The number of rotatable bonds is 6. The van der Waals surface area contributed by atoms with Gasteiger partial charge < -0.3 is 15.0 Å². The molecule has 0 spiro atoms. The molecular weight excluding hydrogens is 312 g/mol. The van der Waals surface area contributed by atoms with E-state index in [1.807, 2.05) is 30.3 Å². The van der Waals surface area contributed by atoms with E-state index >= 15 is 0 Å². The standard InChI is InChI=1S/C21H26N2O2/c1-3-14-25-20-11-7-5-9-18(20)22-21(24)15-23-16(2)12-13-17-8-4-6-10-19(17)23/h4-11,16H,3,12-15H2,1-2H3,(H,22,24)/t16-/m1/s1. The van der Waals surface area contributed by atoms with Crippen LogP contribution in [0.5, 0.6) is 5.75 Å². The van der Waals surface area contributed by atoms with Gasteiger partial charge in [-0.1, -0.05) is 37.3 Å². The summed E-state index contributed by atoms with van der Waals surface area (Å²) in [5.41, 5.74) is 3.23. The first kappa shape index (κ1) is 17.3. The third-order valence-electron chi connectivity index (χ3n) is 4.60. The topological polar surface area (TPSA) is 41.6 Å². The smallest absolute Gasteiger partial charge is 0.244 e. The van der Waals surface area contributed by atoms with E-state index in [2.05, 4.69) is 42.3 Å². The van der Waals surface area contributed by atoms with Gasteiger partial charge in [-0.3, -0.25) is 4.79 Å². The number of para-hydroxylation sites is 3. The molecule has 1 heterocycles. The zero-order chi connectivity index (χ0) is 17.6. The van der Waals surface area contributed by atoms with Crippen LogP contribution in [0, 0.1) is 0 Å². The second kappa shape index (κ2) is 8.06. The van der Waals surface area contributed by atoms with Crippen molar-refractivity contribution in [1.82, 2.24) is 0 Å². The van der Waals surface area contributed by atoms with Crippen molar-refractivity contribution in [1.29, 1.82) is 0 Å². The van der Waals surface area contributed by atoms with E-state index in [0.717, 1.165) is 30.7 Å². The van der Waals surface area contributed by atoms with Crippen LogP contribution in [-0.2, 0) is 11.2 Å². The van der Waals surface area contributed by atoms with E-state index in [9.17, 15) is 4.79 Å². The number of benzene rings is 2. The van der Waals surface area contributed by atoms with Gasteiger partial charge in [-0.05, 0) is 49.9 Å². The number of nitrogens with one attached hydrogen (secondary N) is 1. The summed E-state index contributed by atoms with van der Waals surface area (Å²) in [6, 6.07) is 16.3. The number of amides is 1. The maximum atomic E-state index is 12.7. The predicted molar refractivity (Wildman–Crippen MR) is 102 cm³/mol. The van der Waals surface area contributed by atoms with E-state index in [0.29, 0.717) is 19.2 Å². The largest absolute Gasteiger partial charge is 0.491 e. The Morgan fingerprint density at radius 3 is 2.80 bits per heavy atom. The SMILES string of the molecule is CCCOc1ccccc1NC(=O)CN1c2ccccc2CC[C@H]1C. The van der Waals surface area contributed by atoms with Gasteiger partial charge in [0.15, 0.2) is 0 Å². The molecule has 2 aromatic rings. The number of carbonyl (C=O) groups is 1. The Kier molecular flexibility index (Phi) is 5.59. The van der Waals surface area contributed by atoms with Gasteiger partial charge in [0.25, 0.3) is 0 Å². The Bertz CT molecular complexity index is 729. The normalized spacial score (nSPS) is 16.2. The Labute approximate surface area is 149 Å². The second-order valence-corrected chi connectivity index (χ2v) is 6.54. The van der Waals surface area contributed by atoms with Gasteiger partial charge in [-0.15, -0.1) is 0 Å². The van der Waals surface area contributed by atoms with Crippen molar-refractivity contribution < 1.29 is 9.53 Å². The van der Waals surface area contributed by atoms with Crippen LogP contribution >= 0.6 is 0 Å². The van der Waals surface area contributed by atoms with E-state index < -0.39 is 0 Å². The summed E-state index contributed by atoms with van der Waals surface area (Å²) in [4.78, 5) is 14.9. The highest BCUT2D eigenvalue weighted by Crippen LogP contribution is 2.30. The van der Waals surface area contributed by atoms with E-state index in [-0.39, 0.29) is 5.91 Å². The van der Waals surface area contributed by atoms with Crippen molar-refractivity contribution in [3.05, 3.63) is 54.1 Å². The molecule has 0 saturated carbocycles. The molecule has 1 amide bonds. The summed E-state index contributed by atoms with van der Waals surface area (Å²) < 4.78 is 5.73. The van der Waals surface area contributed by atoms with Gasteiger partial charge in [0, 0.05) is 11.7 Å². The molecule has 3 rings (SSSR count). The van der Waals surface area contributed by atoms with Crippen LogP contribution in [0.25, 0.3) is 0 Å². The zero-order valence-corrected chi connectivity index (χ0v) is 15.0. The van der Waals surface area contributed by atoms with Crippen LogP contribution in [-0.4, -0.2) is 25.1 Å². The minimum Gasteiger partial charge on any atom is -0.491 e. The molecule has 4 nitrogen and oxygen atoms in total. The molecule has 132 valence electrons. The molecule has 0 unspecified atom stereocenters. The lowest BCUT2D eigenvalue weighted by molar-refractivity contribution is -0.115. The molecule has 0 radical (unpaired) electrons. The van der Waals surface area contributed by atoms with E-state index in [1.165, 1.54) is 11.3 Å². The summed E-state index contributed by atoms with van der Waals surface area (Å²) in [6.45, 7) is 5.24. The Morgan fingerprint density at radius 2 is 1.96 bits per heavy atom. The summed E-state index contributed by atoms with van der Waals surface area (Å²) in [7, 11) is 0. The highest BCUT2D eigenvalue weighted by Gasteiger charge is 2.24. The Balaban J connectivity index is 1.71. The number of carbonyl (C=O) groups excluding carboxylic acids is 1. The summed E-state index contributed by atoms with van der Waals surface area (Å²) in [5, 5.41) is 3.01. The molecule has 4 heteroatoms. The predicted octanol–water partition coefficient (Wildman–Crippen LogP) is 4.26. The van der Waals surface area contributed by atoms with Crippen molar-refractivity contribution in [2.24, 2.45) is 0 Å². The lowest BCUT2D eigenvalue weighted by atomic mass is 9.96. The molecule has 0 bridgehead atoms. The third-order valence-corrected chi connectivity index (χ3v) is 4.60. The fraction of sp³-hybridized carbons (Fsp3) is 0.381. The molecule has 2 aromatic carbocycles. The van der Waals surface area contributed by atoms with E-state index in [1.54, 1.807) is 0 Å². The van der Waals surface area contributed by atoms with Gasteiger partial charge in [-0.25, -0.2) is 0 Å². The lowest BCUT2D eigenvalue weighted by Crippen LogP contribution is -2.42. The van der Waals surface area contributed by atoms with Crippen molar-refractivity contribution in [3.8, 4) is 5.75 Å². The number of aryl methyl sites for hydroxylation is 1. The monoisotopic (exact) mass is 338 g/mol. The molecule has 1 aliphatic heterocycles. The van der Waals surface area contributed by atoms with Crippen molar-refractivity contribution in [2.45, 2.75) is 39.2 Å². The second-order valence-electron chi connectivity index (χ2n) is 6.54. The van der Waals surface area contributed by atoms with Crippen LogP contribution < -0.4 is 15.0 Å². The molecule has 0 saturated heterocycles. The average Bonchev–Trinajstić information content (AvgIpc) is 2.63. The van der Waals surface area contributed by atoms with Crippen molar-refractivity contribution in [2.75, 3.05) is 23.4 Å². The van der Waals surface area contributed by atoms with Crippen LogP contribution in [0.15, 0.2) is 48.5 Å². The van der Waals surface area contributed by atoms with Gasteiger partial charge in [-0.2, -0.15) is 0 Å². The number of anilines is 2. The summed E-state index contributed by atoms with van der Waals surface area (Å²) >= 11 is 0. The number of nitrogens with zero attached hydrogens (tertiary/aromatic N) is 1. The van der Waals surface area contributed by atoms with Crippen molar-refractivity contribution in [3.63, 3.8) is 0 Å². The van der Waals surface area contributed by atoms with Gasteiger partial charge in [0.1, 0.15) is 5.75 Å². The van der Waals surface area contributed by atoms with Crippen molar-refractivity contribution >= 4 is 17.3 Å². The fourth-order valence-electron chi connectivity index (χ4n) is 3.25. The zero-order valence-electron chi connectivity index (χ0n) is 15.0. The number of ether oxygens (including phenoxy) is 1. The minimum absolute atomic E-state index is 0.0175. The molecule has 1 aliphatic rings. The fourth-order valence-corrected chi connectivity index (χ4v) is 3.25. The number of fused-ring (bicyclic) bond motifs is 1. The first-order valence-electron chi connectivity index (χ1n) is 9.05. The van der Waals surface area contributed by atoms with E-state index in [4.69, 9.17) is 4.74 Å². The highest BCUT2D eigenvalue weighted by molar-refractivity contribution is 5.95. The molecular formula is C21H26N2O2. The number of hydrogen-bond acceptors (Lipinski definition) is 3. The van der Waals surface area contributed by atoms with Gasteiger partial charge >= 0.3 is 0 Å². The number of hydrogen-bond donors (Lipinski definition) is 1. The van der Waals surface area contributed by atoms with Crippen LogP contribution in [0.4, 0.5) is 11.4 Å². The average molecular weight is 338 g/mol. The molecule has 1 N–H and O–H groups in total. The quantitative estimate of drug-likeness (QED) is 0.856. The molecule has 0 aromatic heterocycles. The molecule has 0 fully saturated rings. The van der Waals surface area contributed by atoms with Crippen LogP contribution in [0.3, 0.4) is 0 Å². The maximum Gasteiger partial charge on any atom is 0.244 e. The first-order chi connectivity index (χ1) is 12.2. The summed E-state index contributed by atoms with van der Waals surface area (Å²) in [6.07, 6.45) is 3.08. The Hall–Kier alpha value is -2.49. The lowest BCUT2D eigenvalue weighted by Gasteiger charge is -2.36. The molecule has 25 heavy (non-hydrogen) atoms.